The number of carboxylic acids is 1. The molecule has 104 valence electrons. The van der Waals surface area contributed by atoms with Crippen LogP contribution in [0.3, 0.4) is 0 Å². The summed E-state index contributed by atoms with van der Waals surface area (Å²) < 4.78 is 1.05. The molecule has 1 aliphatic rings. The number of hydrogen-bond acceptors (Lipinski definition) is 2. The van der Waals surface area contributed by atoms with Crippen molar-refractivity contribution in [3.63, 3.8) is 0 Å². The van der Waals surface area contributed by atoms with E-state index in [1.54, 1.807) is 0 Å². The molecule has 1 fully saturated rings. The molecule has 0 spiro atoms. The first-order chi connectivity index (χ1) is 8.97. The summed E-state index contributed by atoms with van der Waals surface area (Å²) in [6.45, 7) is 3.71. The van der Waals surface area contributed by atoms with Crippen LogP contribution in [0.4, 0.5) is 0 Å². The van der Waals surface area contributed by atoms with Gasteiger partial charge < -0.3 is 5.11 Å². The quantitative estimate of drug-likeness (QED) is 0.905. The molecule has 2 atom stereocenters. The Bertz CT molecular complexity index is 481. The highest BCUT2D eigenvalue weighted by molar-refractivity contribution is 9.10. The van der Waals surface area contributed by atoms with Gasteiger partial charge >= 0.3 is 5.97 Å². The van der Waals surface area contributed by atoms with E-state index >= 15 is 0 Å². The second-order valence-electron chi connectivity index (χ2n) is 5.11. The van der Waals surface area contributed by atoms with Crippen molar-refractivity contribution in [1.82, 2.24) is 4.90 Å². The zero-order chi connectivity index (χ0) is 14.0. The lowest BCUT2D eigenvalue weighted by Gasteiger charge is -2.36. The van der Waals surface area contributed by atoms with Gasteiger partial charge in [-0.05, 0) is 50.1 Å². The summed E-state index contributed by atoms with van der Waals surface area (Å²) in [5, 5.41) is 9.80. The van der Waals surface area contributed by atoms with Crippen LogP contribution in [0.15, 0.2) is 22.7 Å². The predicted octanol–water partition coefficient (Wildman–Crippen LogP) is 3.79. The number of piperidine rings is 1. The Kier molecular flexibility index (Phi) is 4.87. The summed E-state index contributed by atoms with van der Waals surface area (Å²) in [4.78, 5) is 13.3. The third-order valence-corrected chi connectivity index (χ3v) is 4.75. The molecule has 3 nitrogen and oxygen atoms in total. The van der Waals surface area contributed by atoms with Gasteiger partial charge in [0, 0.05) is 22.1 Å². The normalized spacial score (nSPS) is 24.4. The molecule has 1 aromatic rings. The SMILES string of the molecule is CC1CC(C(=O)O)CCN1Cc1cc(Cl)ccc1Br. The average Bonchev–Trinajstić information content (AvgIpc) is 2.36. The van der Waals surface area contributed by atoms with Crippen molar-refractivity contribution in [2.45, 2.75) is 32.4 Å². The topological polar surface area (TPSA) is 40.5 Å². The van der Waals surface area contributed by atoms with E-state index in [0.29, 0.717) is 6.42 Å². The van der Waals surface area contributed by atoms with Crippen LogP contribution >= 0.6 is 27.5 Å². The van der Waals surface area contributed by atoms with Crippen LogP contribution in [0, 0.1) is 5.92 Å². The van der Waals surface area contributed by atoms with Crippen molar-refractivity contribution < 1.29 is 9.90 Å². The van der Waals surface area contributed by atoms with Gasteiger partial charge in [0.15, 0.2) is 0 Å². The minimum Gasteiger partial charge on any atom is -0.481 e. The Hall–Kier alpha value is -0.580. The van der Waals surface area contributed by atoms with Crippen LogP contribution in [0.1, 0.15) is 25.3 Å². The zero-order valence-electron chi connectivity index (χ0n) is 10.8. The number of likely N-dealkylation sites (tertiary alicyclic amines) is 1. The average molecular weight is 347 g/mol. The van der Waals surface area contributed by atoms with Crippen molar-refractivity contribution in [2.24, 2.45) is 5.92 Å². The van der Waals surface area contributed by atoms with Gasteiger partial charge in [-0.25, -0.2) is 0 Å². The number of benzene rings is 1. The van der Waals surface area contributed by atoms with E-state index < -0.39 is 5.97 Å². The second kappa shape index (κ2) is 6.25. The van der Waals surface area contributed by atoms with Crippen LogP contribution in [0.2, 0.25) is 5.02 Å². The van der Waals surface area contributed by atoms with Gasteiger partial charge in [0.1, 0.15) is 0 Å². The molecular weight excluding hydrogens is 330 g/mol. The number of halogens is 2. The maximum atomic E-state index is 11.0. The van der Waals surface area contributed by atoms with Crippen LogP contribution in [-0.2, 0) is 11.3 Å². The Morgan fingerprint density at radius 3 is 2.95 bits per heavy atom. The molecule has 0 saturated carbocycles. The number of aliphatic carboxylic acids is 1. The lowest BCUT2D eigenvalue weighted by molar-refractivity contribution is -0.144. The number of carboxylic acid groups (broad SMARTS) is 1. The molecule has 1 saturated heterocycles. The molecular formula is C14H17BrClNO2. The van der Waals surface area contributed by atoms with Gasteiger partial charge in [-0.15, -0.1) is 0 Å². The van der Waals surface area contributed by atoms with Crippen molar-refractivity contribution in [1.29, 1.82) is 0 Å². The lowest BCUT2D eigenvalue weighted by Crippen LogP contribution is -2.42. The van der Waals surface area contributed by atoms with Crippen LogP contribution in [0.5, 0.6) is 0 Å². The number of hydrogen-bond donors (Lipinski definition) is 1. The molecule has 0 radical (unpaired) electrons. The minimum atomic E-state index is -0.671. The van der Waals surface area contributed by atoms with Crippen LogP contribution in [0.25, 0.3) is 0 Å². The van der Waals surface area contributed by atoms with Gasteiger partial charge in [-0.2, -0.15) is 0 Å². The van der Waals surface area contributed by atoms with Crippen LogP contribution in [-0.4, -0.2) is 28.6 Å². The minimum absolute atomic E-state index is 0.200. The summed E-state index contributed by atoms with van der Waals surface area (Å²) >= 11 is 9.55. The zero-order valence-corrected chi connectivity index (χ0v) is 13.1. The summed E-state index contributed by atoms with van der Waals surface area (Å²) in [7, 11) is 0. The smallest absolute Gasteiger partial charge is 0.306 e. The molecule has 1 aliphatic heterocycles. The predicted molar refractivity (Wildman–Crippen MR) is 79.4 cm³/mol. The van der Waals surface area contributed by atoms with Gasteiger partial charge in [0.25, 0.3) is 0 Å². The van der Waals surface area contributed by atoms with Crippen molar-refractivity contribution in [3.8, 4) is 0 Å². The summed E-state index contributed by atoms with van der Waals surface area (Å²) in [5.41, 5.74) is 1.15. The molecule has 5 heteroatoms. The summed E-state index contributed by atoms with van der Waals surface area (Å²) in [5.74, 6) is -0.871. The Morgan fingerprint density at radius 2 is 2.32 bits per heavy atom. The van der Waals surface area contributed by atoms with E-state index in [-0.39, 0.29) is 12.0 Å². The van der Waals surface area contributed by atoms with E-state index in [0.717, 1.165) is 34.6 Å². The highest BCUT2D eigenvalue weighted by atomic mass is 79.9. The monoisotopic (exact) mass is 345 g/mol. The van der Waals surface area contributed by atoms with Crippen molar-refractivity contribution in [3.05, 3.63) is 33.3 Å². The Labute approximate surface area is 126 Å². The first kappa shape index (κ1) is 14.8. The summed E-state index contributed by atoms with van der Waals surface area (Å²) in [6, 6.07) is 6.05. The number of rotatable bonds is 3. The molecule has 0 amide bonds. The summed E-state index contributed by atoms with van der Waals surface area (Å²) in [6.07, 6.45) is 1.44. The van der Waals surface area contributed by atoms with E-state index in [1.807, 2.05) is 18.2 Å². The highest BCUT2D eigenvalue weighted by Crippen LogP contribution is 2.28. The van der Waals surface area contributed by atoms with E-state index in [9.17, 15) is 4.79 Å². The van der Waals surface area contributed by atoms with E-state index in [2.05, 4.69) is 27.8 Å². The molecule has 0 bridgehead atoms. The molecule has 1 N–H and O–H groups in total. The molecule has 0 aliphatic carbocycles. The first-order valence-corrected chi connectivity index (χ1v) is 7.55. The van der Waals surface area contributed by atoms with E-state index in [4.69, 9.17) is 16.7 Å². The van der Waals surface area contributed by atoms with E-state index in [1.165, 1.54) is 0 Å². The number of nitrogens with zero attached hydrogens (tertiary/aromatic N) is 1. The maximum absolute atomic E-state index is 11.0. The fraction of sp³-hybridized carbons (Fsp3) is 0.500. The number of carbonyl (C=O) groups is 1. The fourth-order valence-corrected chi connectivity index (χ4v) is 3.13. The van der Waals surface area contributed by atoms with Gasteiger partial charge in [0.05, 0.1) is 5.92 Å². The third kappa shape index (κ3) is 3.71. The second-order valence-corrected chi connectivity index (χ2v) is 6.41. The van der Waals surface area contributed by atoms with Gasteiger partial charge in [-0.3, -0.25) is 9.69 Å². The molecule has 19 heavy (non-hydrogen) atoms. The first-order valence-electron chi connectivity index (χ1n) is 6.38. The molecule has 0 aromatic heterocycles. The molecule has 2 rings (SSSR count). The highest BCUT2D eigenvalue weighted by Gasteiger charge is 2.29. The fourth-order valence-electron chi connectivity index (χ4n) is 2.56. The standard InChI is InChI=1S/C14H17BrClNO2/c1-9-6-10(14(18)19)4-5-17(9)8-11-7-12(16)2-3-13(11)15/h2-3,7,9-10H,4-6,8H2,1H3,(H,18,19). The Balaban J connectivity index is 2.04. The Morgan fingerprint density at radius 1 is 1.58 bits per heavy atom. The molecule has 1 aromatic carbocycles. The lowest BCUT2D eigenvalue weighted by atomic mass is 9.91. The van der Waals surface area contributed by atoms with Crippen molar-refractivity contribution >= 4 is 33.5 Å². The molecule has 2 unspecified atom stereocenters. The van der Waals surface area contributed by atoms with Gasteiger partial charge in [0.2, 0.25) is 0 Å². The largest absolute Gasteiger partial charge is 0.481 e. The molecule has 1 heterocycles. The van der Waals surface area contributed by atoms with Crippen molar-refractivity contribution in [2.75, 3.05) is 6.54 Å². The van der Waals surface area contributed by atoms with Gasteiger partial charge in [-0.1, -0.05) is 27.5 Å². The maximum Gasteiger partial charge on any atom is 0.306 e. The third-order valence-electron chi connectivity index (χ3n) is 3.74. The van der Waals surface area contributed by atoms with Crippen LogP contribution < -0.4 is 0 Å².